The number of carbonyl (C=O) groups is 2. The van der Waals surface area contributed by atoms with Crippen LogP contribution in [0.5, 0.6) is 0 Å². The molecule has 12 heteroatoms. The maximum atomic E-state index is 14.9. The summed E-state index contributed by atoms with van der Waals surface area (Å²) in [4.78, 5) is 26.5. The molecule has 2 aromatic carbocycles. The van der Waals surface area contributed by atoms with Crippen molar-refractivity contribution < 1.29 is 27.5 Å². The SMILES string of the molecule is Nc1cc(-c2ccc(F)c(F)c2)nn1CC(=O)N1CC[C@@]2(C1)OC(=O)Nc1ccc(Cl)c(F)c12. The second kappa shape index (κ2) is 7.94. The molecule has 2 amide bonds. The largest absolute Gasteiger partial charge is 0.436 e. The molecule has 0 radical (unpaired) electrons. The highest BCUT2D eigenvalue weighted by Gasteiger charge is 2.50. The molecule has 2 aliphatic heterocycles. The van der Waals surface area contributed by atoms with Crippen molar-refractivity contribution in [3.05, 3.63) is 64.4 Å². The maximum absolute atomic E-state index is 14.9. The summed E-state index contributed by atoms with van der Waals surface area (Å²) < 4.78 is 48.4. The summed E-state index contributed by atoms with van der Waals surface area (Å²) in [6.45, 7) is -0.155. The van der Waals surface area contributed by atoms with Crippen molar-refractivity contribution >= 4 is 35.1 Å². The lowest BCUT2D eigenvalue weighted by Gasteiger charge is -2.35. The molecule has 0 saturated carbocycles. The monoisotopic (exact) mass is 491 g/mol. The minimum absolute atomic E-state index is 0.0826. The second-order valence-electron chi connectivity index (χ2n) is 8.10. The van der Waals surface area contributed by atoms with Crippen LogP contribution in [0.4, 0.5) is 29.5 Å². The number of fused-ring (bicyclic) bond motifs is 2. The Kier molecular flexibility index (Phi) is 5.16. The van der Waals surface area contributed by atoms with Gasteiger partial charge in [0.15, 0.2) is 23.1 Å². The van der Waals surface area contributed by atoms with Gasteiger partial charge < -0.3 is 15.4 Å². The Labute approximate surface area is 196 Å². The third-order valence-corrected chi connectivity index (χ3v) is 6.26. The minimum atomic E-state index is -1.38. The van der Waals surface area contributed by atoms with E-state index >= 15 is 0 Å². The van der Waals surface area contributed by atoms with Crippen molar-refractivity contribution in [1.82, 2.24) is 14.7 Å². The lowest BCUT2D eigenvalue weighted by atomic mass is 9.89. The minimum Gasteiger partial charge on any atom is -0.436 e. The Morgan fingerprint density at radius 2 is 2.00 bits per heavy atom. The maximum Gasteiger partial charge on any atom is 0.412 e. The predicted octanol–water partition coefficient (Wildman–Crippen LogP) is 3.89. The third-order valence-electron chi connectivity index (χ3n) is 5.97. The van der Waals surface area contributed by atoms with Gasteiger partial charge in [-0.2, -0.15) is 5.10 Å². The van der Waals surface area contributed by atoms with Gasteiger partial charge in [-0.25, -0.2) is 22.6 Å². The summed E-state index contributed by atoms with van der Waals surface area (Å²) in [5.74, 6) is -3.01. The molecule has 0 aliphatic carbocycles. The summed E-state index contributed by atoms with van der Waals surface area (Å²) in [6, 6.07) is 7.55. The molecule has 1 spiro atoms. The van der Waals surface area contributed by atoms with E-state index < -0.39 is 35.1 Å². The molecule has 0 unspecified atom stereocenters. The second-order valence-corrected chi connectivity index (χ2v) is 8.51. The molecule has 8 nitrogen and oxygen atoms in total. The number of rotatable bonds is 3. The van der Waals surface area contributed by atoms with E-state index in [4.69, 9.17) is 22.1 Å². The molecule has 176 valence electrons. The van der Waals surface area contributed by atoms with E-state index in [0.29, 0.717) is 5.56 Å². The number of carbonyl (C=O) groups excluding carboxylic acids is 2. The number of likely N-dealkylation sites (tertiary alicyclic amines) is 1. The van der Waals surface area contributed by atoms with Crippen LogP contribution in [0, 0.1) is 17.5 Å². The van der Waals surface area contributed by atoms with E-state index in [-0.39, 0.29) is 53.8 Å². The first kappa shape index (κ1) is 22.1. The van der Waals surface area contributed by atoms with Gasteiger partial charge in [0.05, 0.1) is 28.5 Å². The van der Waals surface area contributed by atoms with E-state index in [1.54, 1.807) is 0 Å². The van der Waals surface area contributed by atoms with Crippen molar-refractivity contribution in [3.8, 4) is 11.3 Å². The van der Waals surface area contributed by atoms with Crippen LogP contribution in [0.1, 0.15) is 12.0 Å². The average molecular weight is 492 g/mol. The lowest BCUT2D eigenvalue weighted by Crippen LogP contribution is -2.44. The first-order chi connectivity index (χ1) is 16.2. The van der Waals surface area contributed by atoms with Crippen LogP contribution < -0.4 is 11.1 Å². The molecule has 1 aromatic heterocycles. The van der Waals surface area contributed by atoms with Gasteiger partial charge in [0.25, 0.3) is 0 Å². The number of aromatic nitrogens is 2. The summed E-state index contributed by atoms with van der Waals surface area (Å²) >= 11 is 5.95. The van der Waals surface area contributed by atoms with E-state index in [2.05, 4.69) is 10.4 Å². The van der Waals surface area contributed by atoms with Gasteiger partial charge in [-0.15, -0.1) is 0 Å². The molecule has 1 saturated heterocycles. The zero-order valence-electron chi connectivity index (χ0n) is 17.4. The van der Waals surface area contributed by atoms with Crippen LogP contribution in [0.15, 0.2) is 36.4 Å². The fourth-order valence-corrected chi connectivity index (χ4v) is 4.49. The number of hydrogen-bond donors (Lipinski definition) is 2. The molecule has 3 heterocycles. The van der Waals surface area contributed by atoms with Crippen molar-refractivity contribution in [1.29, 1.82) is 0 Å². The Bertz CT molecular complexity index is 1350. The lowest BCUT2D eigenvalue weighted by molar-refractivity contribution is -0.132. The number of nitrogens with one attached hydrogen (secondary N) is 1. The van der Waals surface area contributed by atoms with Crippen molar-refractivity contribution in [3.63, 3.8) is 0 Å². The smallest absolute Gasteiger partial charge is 0.412 e. The van der Waals surface area contributed by atoms with Gasteiger partial charge in [-0.1, -0.05) is 11.6 Å². The molecular weight excluding hydrogens is 475 g/mol. The number of hydrogen-bond acceptors (Lipinski definition) is 5. The highest BCUT2D eigenvalue weighted by molar-refractivity contribution is 6.31. The molecule has 5 rings (SSSR count). The van der Waals surface area contributed by atoms with Gasteiger partial charge in [0.1, 0.15) is 12.4 Å². The molecule has 2 aliphatic rings. The van der Waals surface area contributed by atoms with Crippen LogP contribution in [0.2, 0.25) is 5.02 Å². The number of nitrogen functional groups attached to an aromatic ring is 1. The number of ether oxygens (including phenoxy) is 1. The Morgan fingerprint density at radius 1 is 1.21 bits per heavy atom. The fraction of sp³-hybridized carbons (Fsp3) is 0.227. The van der Waals surface area contributed by atoms with Crippen LogP contribution in [-0.4, -0.2) is 39.8 Å². The summed E-state index contributed by atoms with van der Waals surface area (Å²) in [5, 5.41) is 6.55. The van der Waals surface area contributed by atoms with Gasteiger partial charge in [-0.3, -0.25) is 10.1 Å². The Hall–Kier alpha value is -3.73. The van der Waals surface area contributed by atoms with Gasteiger partial charge in [0.2, 0.25) is 5.91 Å². The van der Waals surface area contributed by atoms with Crippen molar-refractivity contribution in [2.45, 2.75) is 18.6 Å². The highest BCUT2D eigenvalue weighted by Crippen LogP contribution is 2.45. The third kappa shape index (κ3) is 3.61. The molecule has 3 aromatic rings. The Morgan fingerprint density at radius 3 is 2.76 bits per heavy atom. The molecule has 1 fully saturated rings. The quantitative estimate of drug-likeness (QED) is 0.578. The van der Waals surface area contributed by atoms with Gasteiger partial charge in [0, 0.05) is 24.6 Å². The number of benzene rings is 2. The summed E-state index contributed by atoms with van der Waals surface area (Å²) in [6.07, 6.45) is -0.582. The fourth-order valence-electron chi connectivity index (χ4n) is 4.33. The van der Waals surface area contributed by atoms with E-state index in [9.17, 15) is 22.8 Å². The normalized spacial score (nSPS) is 19.2. The van der Waals surface area contributed by atoms with Crippen molar-refractivity contribution in [2.24, 2.45) is 0 Å². The zero-order chi connectivity index (χ0) is 24.2. The van der Waals surface area contributed by atoms with Crippen LogP contribution >= 0.6 is 11.6 Å². The molecule has 0 bridgehead atoms. The van der Waals surface area contributed by atoms with Crippen LogP contribution in [-0.2, 0) is 21.7 Å². The molecular formula is C22H17ClF3N5O3. The van der Waals surface area contributed by atoms with E-state index in [1.165, 1.54) is 33.8 Å². The number of nitrogens with two attached hydrogens (primary N) is 1. The summed E-state index contributed by atoms with van der Waals surface area (Å²) in [7, 11) is 0. The summed E-state index contributed by atoms with van der Waals surface area (Å²) in [5.41, 5.74) is 5.47. The van der Waals surface area contributed by atoms with Crippen LogP contribution in [0.3, 0.4) is 0 Å². The highest BCUT2D eigenvalue weighted by atomic mass is 35.5. The zero-order valence-corrected chi connectivity index (χ0v) is 18.2. The van der Waals surface area contributed by atoms with Gasteiger partial charge in [-0.05, 0) is 30.3 Å². The number of halogens is 4. The average Bonchev–Trinajstić information content (AvgIpc) is 3.36. The molecule has 34 heavy (non-hydrogen) atoms. The van der Waals surface area contributed by atoms with Crippen LogP contribution in [0.25, 0.3) is 11.3 Å². The van der Waals surface area contributed by atoms with E-state index in [1.807, 2.05) is 0 Å². The molecule has 3 N–H and O–H groups in total. The predicted molar refractivity (Wildman–Crippen MR) is 116 cm³/mol. The standard InChI is InChI=1S/C22H17ClF3N5O3/c23-12-2-4-15-19(20(12)26)22(34-21(33)28-15)5-6-30(10-22)18(32)9-31-17(27)8-16(29-31)11-1-3-13(24)14(25)7-11/h1-4,7-8H,5-6,9-10,27H2,(H,28,33)/t22-/m0/s1. The van der Waals surface area contributed by atoms with Crippen molar-refractivity contribution in [2.75, 3.05) is 24.1 Å². The first-order valence-electron chi connectivity index (χ1n) is 10.2. The van der Waals surface area contributed by atoms with Gasteiger partial charge >= 0.3 is 6.09 Å². The number of anilines is 2. The topological polar surface area (TPSA) is 102 Å². The Balaban J connectivity index is 1.37. The first-order valence-corrected chi connectivity index (χ1v) is 10.6. The molecule has 1 atom stereocenters. The number of amides is 2. The number of nitrogens with zero attached hydrogens (tertiary/aromatic N) is 3. The van der Waals surface area contributed by atoms with E-state index in [0.717, 1.165) is 12.1 Å².